The molecule has 1 unspecified atom stereocenters. The van der Waals surface area contributed by atoms with E-state index in [1.54, 1.807) is 0 Å². The monoisotopic (exact) mass is 285 g/mol. The zero-order valence-electron chi connectivity index (χ0n) is 12.0. The van der Waals surface area contributed by atoms with Gasteiger partial charge < -0.3 is 5.32 Å². The van der Waals surface area contributed by atoms with Crippen molar-refractivity contribution in [2.45, 2.75) is 32.1 Å². The van der Waals surface area contributed by atoms with Gasteiger partial charge in [0.25, 0.3) is 0 Å². The van der Waals surface area contributed by atoms with Crippen LogP contribution in [0.25, 0.3) is 0 Å². The highest BCUT2D eigenvalue weighted by molar-refractivity contribution is 6.30. The van der Waals surface area contributed by atoms with Gasteiger partial charge in [-0.15, -0.1) is 0 Å². The molecule has 0 aromatic heterocycles. The average molecular weight is 286 g/mol. The Morgan fingerprint density at radius 2 is 1.85 bits per heavy atom. The molecule has 1 aliphatic rings. The average Bonchev–Trinajstić information content (AvgIpc) is 2.46. The third-order valence-corrected chi connectivity index (χ3v) is 4.39. The predicted molar refractivity (Wildman–Crippen MR) is 86.9 cm³/mol. The van der Waals surface area contributed by atoms with Crippen LogP contribution in [-0.2, 0) is 6.42 Å². The fourth-order valence-electron chi connectivity index (χ4n) is 3.02. The van der Waals surface area contributed by atoms with Crippen LogP contribution in [0.3, 0.4) is 0 Å². The second-order valence-electron chi connectivity index (χ2n) is 5.87. The molecule has 2 heteroatoms. The van der Waals surface area contributed by atoms with E-state index in [-0.39, 0.29) is 0 Å². The van der Waals surface area contributed by atoms with Crippen LogP contribution >= 0.6 is 11.6 Å². The second-order valence-corrected chi connectivity index (χ2v) is 6.31. The number of hydrogen-bond donors (Lipinski definition) is 1. The zero-order valence-corrected chi connectivity index (χ0v) is 12.7. The van der Waals surface area contributed by atoms with Gasteiger partial charge in [0.1, 0.15) is 0 Å². The molecule has 0 saturated carbocycles. The summed E-state index contributed by atoms with van der Waals surface area (Å²) < 4.78 is 0. The molecule has 1 heterocycles. The molecule has 1 nitrogen and oxygen atoms in total. The van der Waals surface area contributed by atoms with Crippen molar-refractivity contribution in [3.63, 3.8) is 0 Å². The van der Waals surface area contributed by atoms with Gasteiger partial charge in [-0.2, -0.15) is 0 Å². The lowest BCUT2D eigenvalue weighted by Crippen LogP contribution is -2.22. The van der Waals surface area contributed by atoms with E-state index in [1.807, 2.05) is 12.1 Å². The molecule has 3 rings (SSSR count). The molecule has 0 spiro atoms. The summed E-state index contributed by atoms with van der Waals surface area (Å²) in [5, 5.41) is 4.45. The van der Waals surface area contributed by atoms with Crippen molar-refractivity contribution in [1.82, 2.24) is 0 Å². The number of fused-ring (bicyclic) bond motifs is 1. The van der Waals surface area contributed by atoms with E-state index in [0.717, 1.165) is 18.0 Å². The number of para-hydroxylation sites is 1. The fourth-order valence-corrected chi connectivity index (χ4v) is 3.15. The number of halogens is 1. The lowest BCUT2D eigenvalue weighted by atomic mass is 9.85. The summed E-state index contributed by atoms with van der Waals surface area (Å²) in [4.78, 5) is 0. The van der Waals surface area contributed by atoms with E-state index in [9.17, 15) is 0 Å². The molecule has 0 bridgehead atoms. The highest BCUT2D eigenvalue weighted by Crippen LogP contribution is 2.35. The van der Waals surface area contributed by atoms with Crippen molar-refractivity contribution in [2.24, 2.45) is 0 Å². The van der Waals surface area contributed by atoms with Crippen LogP contribution in [0.1, 0.15) is 42.4 Å². The molecule has 0 fully saturated rings. The summed E-state index contributed by atoms with van der Waals surface area (Å²) in [6.07, 6.45) is 1.10. The van der Waals surface area contributed by atoms with Crippen LogP contribution in [0, 0.1) is 0 Å². The van der Waals surface area contributed by atoms with Gasteiger partial charge in [0.2, 0.25) is 0 Å². The minimum atomic E-state index is 0.530. The molecule has 1 aliphatic heterocycles. The smallest absolute Gasteiger partial charge is 0.0408 e. The van der Waals surface area contributed by atoms with Gasteiger partial charge in [-0.05, 0) is 41.2 Å². The Labute approximate surface area is 126 Å². The van der Waals surface area contributed by atoms with E-state index in [2.05, 4.69) is 49.5 Å². The summed E-state index contributed by atoms with van der Waals surface area (Å²) in [5.74, 6) is 1.09. The third kappa shape index (κ3) is 2.55. The molecular formula is C18H20ClN. The van der Waals surface area contributed by atoms with E-state index < -0.39 is 0 Å². The van der Waals surface area contributed by atoms with Gasteiger partial charge in [-0.1, -0.05) is 55.8 Å². The summed E-state index contributed by atoms with van der Waals surface area (Å²) in [6, 6.07) is 14.9. The molecule has 20 heavy (non-hydrogen) atoms. The van der Waals surface area contributed by atoms with Gasteiger partial charge in [0, 0.05) is 23.2 Å². The summed E-state index contributed by atoms with van der Waals surface area (Å²) in [6.45, 7) is 5.50. The van der Waals surface area contributed by atoms with Crippen molar-refractivity contribution >= 4 is 17.3 Å². The Morgan fingerprint density at radius 3 is 2.55 bits per heavy atom. The molecule has 0 saturated heterocycles. The summed E-state index contributed by atoms with van der Waals surface area (Å²) in [7, 11) is 0. The van der Waals surface area contributed by atoms with Crippen LogP contribution in [-0.4, -0.2) is 6.54 Å². The van der Waals surface area contributed by atoms with Gasteiger partial charge in [0.05, 0.1) is 0 Å². The van der Waals surface area contributed by atoms with Crippen LogP contribution in [0.5, 0.6) is 0 Å². The first-order chi connectivity index (χ1) is 9.65. The molecule has 0 radical (unpaired) electrons. The molecule has 104 valence electrons. The molecular weight excluding hydrogens is 266 g/mol. The Hall–Kier alpha value is -1.47. The topological polar surface area (TPSA) is 12.0 Å². The van der Waals surface area contributed by atoms with Crippen molar-refractivity contribution in [1.29, 1.82) is 0 Å². The number of rotatable bonds is 2. The van der Waals surface area contributed by atoms with Crippen LogP contribution in [0.4, 0.5) is 5.69 Å². The van der Waals surface area contributed by atoms with Crippen molar-refractivity contribution in [2.75, 3.05) is 11.9 Å². The first-order valence-electron chi connectivity index (χ1n) is 7.26. The molecule has 1 atom stereocenters. The summed E-state index contributed by atoms with van der Waals surface area (Å²) >= 11 is 5.97. The maximum atomic E-state index is 5.97. The SMILES string of the molecule is CC(C)c1cccc2c1NCC(c1ccc(Cl)cc1)C2. The second kappa shape index (κ2) is 5.49. The lowest BCUT2D eigenvalue weighted by Gasteiger charge is -2.29. The number of benzene rings is 2. The first kappa shape index (κ1) is 13.5. The number of nitrogens with one attached hydrogen (secondary N) is 1. The van der Waals surface area contributed by atoms with Gasteiger partial charge in [0.15, 0.2) is 0 Å². The van der Waals surface area contributed by atoms with Crippen molar-refractivity contribution in [3.05, 3.63) is 64.2 Å². The molecule has 0 amide bonds. The van der Waals surface area contributed by atoms with Crippen LogP contribution in [0.15, 0.2) is 42.5 Å². The number of hydrogen-bond acceptors (Lipinski definition) is 1. The normalized spacial score (nSPS) is 17.7. The fraction of sp³-hybridized carbons (Fsp3) is 0.333. The zero-order chi connectivity index (χ0) is 14.1. The first-order valence-corrected chi connectivity index (χ1v) is 7.64. The van der Waals surface area contributed by atoms with Crippen LogP contribution < -0.4 is 5.32 Å². The van der Waals surface area contributed by atoms with Crippen molar-refractivity contribution < 1.29 is 0 Å². The largest absolute Gasteiger partial charge is 0.384 e. The van der Waals surface area contributed by atoms with Crippen molar-refractivity contribution in [3.8, 4) is 0 Å². The Bertz CT molecular complexity index is 601. The van der Waals surface area contributed by atoms with Gasteiger partial charge >= 0.3 is 0 Å². The quantitative estimate of drug-likeness (QED) is 0.798. The van der Waals surface area contributed by atoms with E-state index >= 15 is 0 Å². The molecule has 0 aliphatic carbocycles. The highest BCUT2D eigenvalue weighted by Gasteiger charge is 2.22. The third-order valence-electron chi connectivity index (χ3n) is 4.14. The molecule has 1 N–H and O–H groups in total. The van der Waals surface area contributed by atoms with E-state index in [0.29, 0.717) is 11.8 Å². The Balaban J connectivity index is 1.89. The molecule has 2 aromatic rings. The van der Waals surface area contributed by atoms with Crippen LogP contribution in [0.2, 0.25) is 5.02 Å². The lowest BCUT2D eigenvalue weighted by molar-refractivity contribution is 0.689. The minimum absolute atomic E-state index is 0.530. The maximum Gasteiger partial charge on any atom is 0.0408 e. The van der Waals surface area contributed by atoms with Gasteiger partial charge in [-0.25, -0.2) is 0 Å². The Morgan fingerprint density at radius 1 is 1.10 bits per heavy atom. The minimum Gasteiger partial charge on any atom is -0.384 e. The highest BCUT2D eigenvalue weighted by atomic mass is 35.5. The molecule has 2 aromatic carbocycles. The van der Waals surface area contributed by atoms with E-state index in [4.69, 9.17) is 11.6 Å². The van der Waals surface area contributed by atoms with Gasteiger partial charge in [-0.3, -0.25) is 0 Å². The number of anilines is 1. The summed E-state index contributed by atoms with van der Waals surface area (Å²) in [5.41, 5.74) is 5.58. The maximum absolute atomic E-state index is 5.97. The van der Waals surface area contributed by atoms with E-state index in [1.165, 1.54) is 22.4 Å². The predicted octanol–water partition coefficient (Wildman–Crippen LogP) is 5.22. The Kier molecular flexibility index (Phi) is 3.71. The standard InChI is InChI=1S/C18H20ClN/c1-12(2)17-5-3-4-14-10-15(11-20-18(14)17)13-6-8-16(19)9-7-13/h3-9,12,15,20H,10-11H2,1-2H3.